The summed E-state index contributed by atoms with van der Waals surface area (Å²) in [7, 11) is 0. The van der Waals surface area contributed by atoms with Gasteiger partial charge < -0.3 is 5.32 Å². The van der Waals surface area contributed by atoms with Gasteiger partial charge in [0.25, 0.3) is 0 Å². The minimum Gasteiger partial charge on any atom is -0.364 e. The van der Waals surface area contributed by atoms with E-state index < -0.39 is 0 Å². The Hall–Kier alpha value is -2.40. The van der Waals surface area contributed by atoms with Gasteiger partial charge in [-0.15, -0.1) is 0 Å². The van der Waals surface area contributed by atoms with Crippen LogP contribution in [0.5, 0.6) is 0 Å². The van der Waals surface area contributed by atoms with Gasteiger partial charge in [0, 0.05) is 11.8 Å². The Balaban J connectivity index is 1.76. The van der Waals surface area contributed by atoms with Gasteiger partial charge in [-0.2, -0.15) is 5.10 Å². The van der Waals surface area contributed by atoms with E-state index in [9.17, 15) is 0 Å². The standard InChI is InChI=1S/C17H18ClN5/c1-3-15-16(18)20-12(2)21-17(15)19-11-13-9-10-23(22-13)14-7-5-4-6-8-14/h4-10H,3,11H2,1-2H3,(H,19,20,21). The van der Waals surface area contributed by atoms with Gasteiger partial charge in [-0.3, -0.25) is 0 Å². The van der Waals surface area contributed by atoms with Crippen molar-refractivity contribution in [1.82, 2.24) is 19.7 Å². The zero-order valence-corrected chi connectivity index (χ0v) is 13.9. The van der Waals surface area contributed by atoms with Crippen LogP contribution in [0.4, 0.5) is 5.82 Å². The van der Waals surface area contributed by atoms with E-state index in [1.165, 1.54) is 0 Å². The van der Waals surface area contributed by atoms with E-state index in [4.69, 9.17) is 11.6 Å². The number of nitrogens with zero attached hydrogens (tertiary/aromatic N) is 4. The molecule has 0 unspecified atom stereocenters. The molecule has 0 saturated carbocycles. The van der Waals surface area contributed by atoms with Crippen LogP contribution in [-0.4, -0.2) is 19.7 Å². The van der Waals surface area contributed by atoms with E-state index in [1.54, 1.807) is 0 Å². The van der Waals surface area contributed by atoms with Crippen molar-refractivity contribution >= 4 is 17.4 Å². The number of aromatic nitrogens is 4. The largest absolute Gasteiger partial charge is 0.364 e. The average molecular weight is 328 g/mol. The molecule has 3 aromatic rings. The van der Waals surface area contributed by atoms with Crippen LogP contribution in [0, 0.1) is 6.92 Å². The number of anilines is 1. The number of aryl methyl sites for hydroxylation is 1. The van der Waals surface area contributed by atoms with Gasteiger partial charge in [0.15, 0.2) is 0 Å². The molecule has 1 aromatic carbocycles. The maximum atomic E-state index is 6.19. The molecule has 6 heteroatoms. The highest BCUT2D eigenvalue weighted by Gasteiger charge is 2.10. The van der Waals surface area contributed by atoms with E-state index in [0.29, 0.717) is 17.5 Å². The van der Waals surface area contributed by atoms with Crippen molar-refractivity contribution in [2.24, 2.45) is 0 Å². The lowest BCUT2D eigenvalue weighted by Gasteiger charge is -2.10. The summed E-state index contributed by atoms with van der Waals surface area (Å²) in [5.74, 6) is 1.43. The molecule has 2 heterocycles. The fraction of sp³-hybridized carbons (Fsp3) is 0.235. The number of para-hydroxylation sites is 1. The van der Waals surface area contributed by atoms with Gasteiger partial charge in [-0.25, -0.2) is 14.6 Å². The molecule has 0 spiro atoms. The molecule has 5 nitrogen and oxygen atoms in total. The van der Waals surface area contributed by atoms with Crippen molar-refractivity contribution < 1.29 is 0 Å². The summed E-state index contributed by atoms with van der Waals surface area (Å²) in [5.41, 5.74) is 2.90. The molecule has 0 atom stereocenters. The molecule has 0 radical (unpaired) electrons. The Labute approximate surface area is 140 Å². The Morgan fingerprint density at radius 2 is 1.91 bits per heavy atom. The SMILES string of the molecule is CCc1c(Cl)nc(C)nc1NCc1ccn(-c2ccccc2)n1. The fourth-order valence-corrected chi connectivity index (χ4v) is 2.72. The highest BCUT2D eigenvalue weighted by atomic mass is 35.5. The molecule has 0 aliphatic heterocycles. The molecule has 1 N–H and O–H groups in total. The lowest BCUT2D eigenvalue weighted by atomic mass is 10.2. The number of rotatable bonds is 5. The molecule has 0 saturated heterocycles. The van der Waals surface area contributed by atoms with Gasteiger partial charge >= 0.3 is 0 Å². The van der Waals surface area contributed by atoms with Crippen LogP contribution in [0.25, 0.3) is 5.69 Å². The van der Waals surface area contributed by atoms with Gasteiger partial charge in [0.1, 0.15) is 16.8 Å². The van der Waals surface area contributed by atoms with E-state index >= 15 is 0 Å². The van der Waals surface area contributed by atoms with Crippen LogP contribution in [-0.2, 0) is 13.0 Å². The summed E-state index contributed by atoms with van der Waals surface area (Å²) in [4.78, 5) is 8.64. The van der Waals surface area contributed by atoms with E-state index in [2.05, 4.69) is 20.4 Å². The molecule has 23 heavy (non-hydrogen) atoms. The summed E-state index contributed by atoms with van der Waals surface area (Å²) >= 11 is 6.19. The molecule has 3 rings (SSSR count). The predicted molar refractivity (Wildman–Crippen MR) is 92.0 cm³/mol. The monoisotopic (exact) mass is 327 g/mol. The first-order valence-electron chi connectivity index (χ1n) is 7.54. The molecule has 0 aliphatic rings. The number of hydrogen-bond donors (Lipinski definition) is 1. The molecule has 118 valence electrons. The Bertz CT molecular complexity index is 798. The Kier molecular flexibility index (Phi) is 4.57. The Morgan fingerprint density at radius 1 is 1.13 bits per heavy atom. The van der Waals surface area contributed by atoms with E-state index in [1.807, 2.05) is 61.1 Å². The molecule has 0 fully saturated rings. The van der Waals surface area contributed by atoms with Crippen LogP contribution < -0.4 is 5.32 Å². The van der Waals surface area contributed by atoms with Gasteiger partial charge in [-0.05, 0) is 31.5 Å². The van der Waals surface area contributed by atoms with Crippen molar-refractivity contribution in [2.75, 3.05) is 5.32 Å². The van der Waals surface area contributed by atoms with Crippen molar-refractivity contribution in [1.29, 1.82) is 0 Å². The molecule has 0 bridgehead atoms. The maximum Gasteiger partial charge on any atom is 0.138 e. The first kappa shape index (κ1) is 15.5. The van der Waals surface area contributed by atoms with Crippen LogP contribution in [0.2, 0.25) is 5.15 Å². The number of benzene rings is 1. The zero-order chi connectivity index (χ0) is 16.2. The predicted octanol–water partition coefficient (Wildman–Crippen LogP) is 3.80. The summed E-state index contributed by atoms with van der Waals surface area (Å²) in [6.45, 7) is 4.45. The van der Waals surface area contributed by atoms with E-state index in [0.717, 1.165) is 29.2 Å². The molecule has 2 aromatic heterocycles. The number of hydrogen-bond acceptors (Lipinski definition) is 4. The minimum atomic E-state index is 0.511. The molecule has 0 amide bonds. The van der Waals surface area contributed by atoms with Gasteiger partial charge in [0.2, 0.25) is 0 Å². The summed E-state index contributed by atoms with van der Waals surface area (Å²) in [6.07, 6.45) is 2.73. The molecule has 0 aliphatic carbocycles. The van der Waals surface area contributed by atoms with Gasteiger partial charge in [-0.1, -0.05) is 36.7 Å². The van der Waals surface area contributed by atoms with Crippen LogP contribution in [0.15, 0.2) is 42.6 Å². The summed E-state index contributed by atoms with van der Waals surface area (Å²) in [6, 6.07) is 12.0. The summed E-state index contributed by atoms with van der Waals surface area (Å²) in [5, 5.41) is 8.40. The maximum absolute atomic E-state index is 6.19. The first-order valence-corrected chi connectivity index (χ1v) is 7.92. The van der Waals surface area contributed by atoms with Crippen molar-refractivity contribution in [3.8, 4) is 5.69 Å². The first-order chi connectivity index (χ1) is 11.2. The summed E-state index contributed by atoms with van der Waals surface area (Å²) < 4.78 is 1.86. The van der Waals surface area contributed by atoms with Gasteiger partial charge in [0.05, 0.1) is 17.9 Å². The third-order valence-electron chi connectivity index (χ3n) is 3.52. The van der Waals surface area contributed by atoms with Crippen LogP contribution in [0.1, 0.15) is 24.0 Å². The topological polar surface area (TPSA) is 55.6 Å². The van der Waals surface area contributed by atoms with Crippen molar-refractivity contribution in [3.63, 3.8) is 0 Å². The smallest absolute Gasteiger partial charge is 0.138 e. The van der Waals surface area contributed by atoms with Crippen LogP contribution in [0.3, 0.4) is 0 Å². The van der Waals surface area contributed by atoms with Crippen LogP contribution >= 0.6 is 11.6 Å². The zero-order valence-electron chi connectivity index (χ0n) is 13.1. The van der Waals surface area contributed by atoms with Crippen molar-refractivity contribution in [3.05, 3.63) is 64.8 Å². The lowest BCUT2D eigenvalue weighted by molar-refractivity contribution is 0.840. The normalized spacial score (nSPS) is 10.7. The second kappa shape index (κ2) is 6.79. The highest BCUT2D eigenvalue weighted by Crippen LogP contribution is 2.22. The van der Waals surface area contributed by atoms with Crippen molar-refractivity contribution in [2.45, 2.75) is 26.8 Å². The lowest BCUT2D eigenvalue weighted by Crippen LogP contribution is -2.08. The second-order valence-corrected chi connectivity index (χ2v) is 5.54. The Morgan fingerprint density at radius 3 is 2.65 bits per heavy atom. The quantitative estimate of drug-likeness (QED) is 0.724. The highest BCUT2D eigenvalue weighted by molar-refractivity contribution is 6.30. The second-order valence-electron chi connectivity index (χ2n) is 5.18. The van der Waals surface area contributed by atoms with E-state index in [-0.39, 0.29) is 0 Å². The number of halogens is 1. The number of nitrogens with one attached hydrogen (secondary N) is 1. The third kappa shape index (κ3) is 3.51. The minimum absolute atomic E-state index is 0.511. The third-order valence-corrected chi connectivity index (χ3v) is 3.84. The average Bonchev–Trinajstić information content (AvgIpc) is 3.02. The fourth-order valence-electron chi connectivity index (χ4n) is 2.38. The molecular weight excluding hydrogens is 310 g/mol. The molecular formula is C17H18ClN5.